The van der Waals surface area contributed by atoms with Gasteiger partial charge in [0.1, 0.15) is 0 Å². The SMILES string of the molecule is CCC1OCCC1C(=O)N1CCOC(CC(=O)O)C1. The molecule has 0 saturated carbocycles. The number of hydrogen-bond acceptors (Lipinski definition) is 4. The third-order valence-electron chi connectivity index (χ3n) is 3.78. The highest BCUT2D eigenvalue weighted by Gasteiger charge is 2.37. The molecule has 0 aromatic carbocycles. The van der Waals surface area contributed by atoms with Crippen LogP contribution in [0.3, 0.4) is 0 Å². The van der Waals surface area contributed by atoms with Gasteiger partial charge in [0.25, 0.3) is 0 Å². The van der Waals surface area contributed by atoms with Gasteiger partial charge >= 0.3 is 5.97 Å². The normalized spacial score (nSPS) is 31.4. The first kappa shape index (κ1) is 14.3. The van der Waals surface area contributed by atoms with Gasteiger partial charge in [-0.15, -0.1) is 0 Å². The highest BCUT2D eigenvalue weighted by atomic mass is 16.5. The monoisotopic (exact) mass is 271 g/mol. The Morgan fingerprint density at radius 2 is 2.11 bits per heavy atom. The number of aliphatic carboxylic acids is 1. The van der Waals surface area contributed by atoms with E-state index in [0.29, 0.717) is 26.3 Å². The number of carbonyl (C=O) groups excluding carboxylic acids is 1. The summed E-state index contributed by atoms with van der Waals surface area (Å²) in [5.41, 5.74) is 0. The number of rotatable bonds is 4. The van der Waals surface area contributed by atoms with Gasteiger partial charge in [0, 0.05) is 19.7 Å². The highest BCUT2D eigenvalue weighted by Crippen LogP contribution is 2.26. The molecule has 19 heavy (non-hydrogen) atoms. The summed E-state index contributed by atoms with van der Waals surface area (Å²) < 4.78 is 10.9. The molecular weight excluding hydrogens is 250 g/mol. The van der Waals surface area contributed by atoms with Crippen molar-refractivity contribution < 1.29 is 24.2 Å². The number of morpholine rings is 1. The van der Waals surface area contributed by atoms with Gasteiger partial charge in [0.05, 0.1) is 31.2 Å². The number of ether oxygens (including phenoxy) is 2. The second kappa shape index (κ2) is 6.34. The second-order valence-corrected chi connectivity index (χ2v) is 5.09. The predicted molar refractivity (Wildman–Crippen MR) is 66.7 cm³/mol. The number of carboxylic acid groups (broad SMARTS) is 1. The molecule has 2 aliphatic rings. The molecule has 1 amide bonds. The molecule has 1 N–H and O–H groups in total. The van der Waals surface area contributed by atoms with Gasteiger partial charge in [-0.2, -0.15) is 0 Å². The second-order valence-electron chi connectivity index (χ2n) is 5.09. The maximum Gasteiger partial charge on any atom is 0.306 e. The topological polar surface area (TPSA) is 76.1 Å². The van der Waals surface area contributed by atoms with E-state index < -0.39 is 12.1 Å². The molecule has 0 aromatic rings. The summed E-state index contributed by atoms with van der Waals surface area (Å²) in [4.78, 5) is 24.9. The minimum Gasteiger partial charge on any atom is -0.481 e. The van der Waals surface area contributed by atoms with Gasteiger partial charge in [0.2, 0.25) is 5.91 Å². The number of hydrogen-bond donors (Lipinski definition) is 1. The van der Waals surface area contributed by atoms with Gasteiger partial charge in [-0.25, -0.2) is 0 Å². The zero-order valence-corrected chi connectivity index (χ0v) is 11.2. The van der Waals surface area contributed by atoms with Gasteiger partial charge < -0.3 is 19.5 Å². The first-order chi connectivity index (χ1) is 9.11. The molecule has 0 aromatic heterocycles. The Hall–Kier alpha value is -1.14. The average Bonchev–Trinajstić information content (AvgIpc) is 2.85. The third kappa shape index (κ3) is 3.45. The minimum absolute atomic E-state index is 0.00766. The Morgan fingerprint density at radius 1 is 1.32 bits per heavy atom. The number of amides is 1. The fourth-order valence-electron chi connectivity index (χ4n) is 2.81. The third-order valence-corrected chi connectivity index (χ3v) is 3.78. The minimum atomic E-state index is -0.894. The molecule has 108 valence electrons. The molecular formula is C13H21NO5. The number of nitrogens with zero attached hydrogens (tertiary/aromatic N) is 1. The zero-order valence-electron chi connectivity index (χ0n) is 11.2. The van der Waals surface area contributed by atoms with Gasteiger partial charge in [0.15, 0.2) is 0 Å². The molecule has 2 fully saturated rings. The van der Waals surface area contributed by atoms with E-state index in [0.717, 1.165) is 12.8 Å². The van der Waals surface area contributed by atoms with E-state index in [4.69, 9.17) is 14.6 Å². The molecule has 0 aliphatic carbocycles. The van der Waals surface area contributed by atoms with E-state index >= 15 is 0 Å². The van der Waals surface area contributed by atoms with Crippen molar-refractivity contribution in [3.8, 4) is 0 Å². The van der Waals surface area contributed by atoms with Crippen molar-refractivity contribution in [3.05, 3.63) is 0 Å². The van der Waals surface area contributed by atoms with Crippen LogP contribution in [0, 0.1) is 5.92 Å². The summed E-state index contributed by atoms with van der Waals surface area (Å²) >= 11 is 0. The Labute approximate surface area is 112 Å². The standard InChI is InChI=1S/C13H21NO5/c1-2-11-10(3-5-19-11)13(17)14-4-6-18-9(8-14)7-12(15)16/h9-11H,2-8H2,1H3,(H,15,16). The van der Waals surface area contributed by atoms with Crippen LogP contribution in [0.4, 0.5) is 0 Å². The van der Waals surface area contributed by atoms with Crippen LogP contribution in [0.2, 0.25) is 0 Å². The molecule has 0 spiro atoms. The van der Waals surface area contributed by atoms with Crippen molar-refractivity contribution in [1.29, 1.82) is 0 Å². The lowest BCUT2D eigenvalue weighted by Crippen LogP contribution is -2.49. The van der Waals surface area contributed by atoms with Crippen LogP contribution in [0.25, 0.3) is 0 Å². The highest BCUT2D eigenvalue weighted by molar-refractivity contribution is 5.80. The molecule has 2 aliphatic heterocycles. The first-order valence-corrected chi connectivity index (χ1v) is 6.85. The predicted octanol–water partition coefficient (Wildman–Crippen LogP) is 0.504. The molecule has 2 saturated heterocycles. The lowest BCUT2D eigenvalue weighted by Gasteiger charge is -2.34. The summed E-state index contributed by atoms with van der Waals surface area (Å²) in [5.74, 6) is -0.883. The van der Waals surface area contributed by atoms with E-state index in [1.165, 1.54) is 0 Å². The summed E-state index contributed by atoms with van der Waals surface area (Å²) in [6.45, 7) is 3.98. The molecule has 6 nitrogen and oxygen atoms in total. The van der Waals surface area contributed by atoms with Crippen molar-refractivity contribution in [2.45, 2.75) is 38.4 Å². The molecule has 3 atom stereocenters. The lowest BCUT2D eigenvalue weighted by molar-refractivity contribution is -0.150. The Kier molecular flexibility index (Phi) is 4.76. The van der Waals surface area contributed by atoms with E-state index in [1.807, 2.05) is 6.92 Å². The summed E-state index contributed by atoms with van der Waals surface area (Å²) in [6.07, 6.45) is 1.16. The quantitative estimate of drug-likeness (QED) is 0.806. The molecule has 0 bridgehead atoms. The fourth-order valence-corrected chi connectivity index (χ4v) is 2.81. The summed E-state index contributed by atoms with van der Waals surface area (Å²) in [6, 6.07) is 0. The number of carbonyl (C=O) groups is 2. The Bertz CT molecular complexity index is 346. The van der Waals surface area contributed by atoms with Crippen molar-refractivity contribution in [3.63, 3.8) is 0 Å². The van der Waals surface area contributed by atoms with E-state index in [2.05, 4.69) is 0 Å². The molecule has 2 rings (SSSR count). The van der Waals surface area contributed by atoms with Crippen LogP contribution in [-0.4, -0.2) is 60.4 Å². The summed E-state index contributed by atoms with van der Waals surface area (Å²) in [7, 11) is 0. The summed E-state index contributed by atoms with van der Waals surface area (Å²) in [5, 5.41) is 8.78. The van der Waals surface area contributed by atoms with E-state index in [-0.39, 0.29) is 24.3 Å². The van der Waals surface area contributed by atoms with Crippen LogP contribution >= 0.6 is 0 Å². The fraction of sp³-hybridized carbons (Fsp3) is 0.846. The van der Waals surface area contributed by atoms with E-state index in [9.17, 15) is 9.59 Å². The Morgan fingerprint density at radius 3 is 2.79 bits per heavy atom. The largest absolute Gasteiger partial charge is 0.481 e. The zero-order chi connectivity index (χ0) is 13.8. The van der Waals surface area contributed by atoms with Crippen LogP contribution in [-0.2, 0) is 19.1 Å². The smallest absolute Gasteiger partial charge is 0.306 e. The van der Waals surface area contributed by atoms with Gasteiger partial charge in [-0.05, 0) is 12.8 Å². The van der Waals surface area contributed by atoms with Crippen molar-refractivity contribution in [1.82, 2.24) is 4.90 Å². The van der Waals surface area contributed by atoms with E-state index in [1.54, 1.807) is 4.90 Å². The molecule has 2 heterocycles. The van der Waals surface area contributed by atoms with Gasteiger partial charge in [-0.3, -0.25) is 9.59 Å². The van der Waals surface area contributed by atoms with Crippen LogP contribution in [0.15, 0.2) is 0 Å². The van der Waals surface area contributed by atoms with Crippen LogP contribution in [0.1, 0.15) is 26.2 Å². The molecule has 3 unspecified atom stereocenters. The maximum absolute atomic E-state index is 12.4. The average molecular weight is 271 g/mol. The number of carboxylic acids is 1. The van der Waals surface area contributed by atoms with Gasteiger partial charge in [-0.1, -0.05) is 6.92 Å². The molecule has 6 heteroatoms. The van der Waals surface area contributed by atoms with Crippen molar-refractivity contribution in [2.75, 3.05) is 26.3 Å². The Balaban J connectivity index is 1.93. The first-order valence-electron chi connectivity index (χ1n) is 6.85. The van der Waals surface area contributed by atoms with Crippen LogP contribution < -0.4 is 0 Å². The van der Waals surface area contributed by atoms with Crippen molar-refractivity contribution in [2.24, 2.45) is 5.92 Å². The maximum atomic E-state index is 12.4. The molecule has 0 radical (unpaired) electrons. The van der Waals surface area contributed by atoms with Crippen molar-refractivity contribution >= 4 is 11.9 Å². The van der Waals surface area contributed by atoms with Crippen LogP contribution in [0.5, 0.6) is 0 Å². The lowest BCUT2D eigenvalue weighted by atomic mass is 9.97.